The Morgan fingerprint density at radius 3 is 2.19 bits per heavy atom. The molecule has 0 aliphatic carbocycles. The molecular formula is C18H21NO2. The van der Waals surface area contributed by atoms with Crippen molar-refractivity contribution in [3.8, 4) is 0 Å². The van der Waals surface area contributed by atoms with Gasteiger partial charge in [-0.15, -0.1) is 0 Å². The Hall–Kier alpha value is -2.29. The van der Waals surface area contributed by atoms with E-state index < -0.39 is 5.97 Å². The summed E-state index contributed by atoms with van der Waals surface area (Å²) in [5.74, 6) is -0.766. The van der Waals surface area contributed by atoms with Gasteiger partial charge in [-0.2, -0.15) is 0 Å². The Balaban J connectivity index is 2.25. The molecule has 2 rings (SSSR count). The van der Waals surface area contributed by atoms with E-state index in [0.29, 0.717) is 6.54 Å². The zero-order chi connectivity index (χ0) is 15.2. The van der Waals surface area contributed by atoms with E-state index >= 15 is 0 Å². The summed E-state index contributed by atoms with van der Waals surface area (Å²) >= 11 is 0. The van der Waals surface area contributed by atoms with Gasteiger partial charge >= 0.3 is 5.97 Å². The third-order valence-electron chi connectivity index (χ3n) is 3.71. The second-order valence-electron chi connectivity index (χ2n) is 5.27. The highest BCUT2D eigenvalue weighted by atomic mass is 16.4. The number of aliphatic carboxylic acids is 1. The molecule has 0 fully saturated rings. The lowest BCUT2D eigenvalue weighted by molar-refractivity contribution is -0.136. The van der Waals surface area contributed by atoms with Gasteiger partial charge in [-0.3, -0.25) is 4.79 Å². The number of rotatable bonds is 6. The molecule has 3 heteroatoms. The van der Waals surface area contributed by atoms with Crippen molar-refractivity contribution in [1.82, 2.24) is 0 Å². The Morgan fingerprint density at radius 2 is 1.62 bits per heavy atom. The van der Waals surface area contributed by atoms with Gasteiger partial charge in [0.25, 0.3) is 0 Å². The molecule has 2 aromatic rings. The highest BCUT2D eigenvalue weighted by Gasteiger charge is 2.12. The minimum atomic E-state index is -0.766. The van der Waals surface area contributed by atoms with Gasteiger partial charge in [0.2, 0.25) is 0 Å². The molecule has 0 radical (unpaired) electrons. The van der Waals surface area contributed by atoms with Gasteiger partial charge in [-0.05, 0) is 42.7 Å². The molecule has 0 unspecified atom stereocenters. The monoisotopic (exact) mass is 283 g/mol. The second-order valence-corrected chi connectivity index (χ2v) is 5.27. The van der Waals surface area contributed by atoms with Crippen molar-refractivity contribution < 1.29 is 9.90 Å². The number of anilines is 1. The van der Waals surface area contributed by atoms with E-state index in [9.17, 15) is 4.79 Å². The molecule has 3 nitrogen and oxygen atoms in total. The Labute approximate surface area is 125 Å². The second kappa shape index (κ2) is 6.93. The van der Waals surface area contributed by atoms with Crippen LogP contribution in [0.2, 0.25) is 0 Å². The minimum Gasteiger partial charge on any atom is -0.481 e. The SMILES string of the molecule is Cc1cccc(C)c1CN(CCC(=O)O)c1ccccc1. The Bertz CT molecular complexity index is 588. The average molecular weight is 283 g/mol. The highest BCUT2D eigenvalue weighted by molar-refractivity contribution is 5.67. The van der Waals surface area contributed by atoms with Crippen LogP contribution in [0.5, 0.6) is 0 Å². The summed E-state index contributed by atoms with van der Waals surface area (Å²) in [7, 11) is 0. The summed E-state index contributed by atoms with van der Waals surface area (Å²) in [6.07, 6.45) is 0.139. The summed E-state index contributed by atoms with van der Waals surface area (Å²) in [5, 5.41) is 8.96. The Kier molecular flexibility index (Phi) is 4.99. The fraction of sp³-hybridized carbons (Fsp3) is 0.278. The zero-order valence-corrected chi connectivity index (χ0v) is 12.5. The van der Waals surface area contributed by atoms with Crippen LogP contribution in [0.1, 0.15) is 23.1 Å². The third kappa shape index (κ3) is 4.09. The normalized spacial score (nSPS) is 10.4. The lowest BCUT2D eigenvalue weighted by Gasteiger charge is -2.26. The first-order valence-corrected chi connectivity index (χ1v) is 7.15. The van der Waals surface area contributed by atoms with Gasteiger partial charge in [0.15, 0.2) is 0 Å². The number of nitrogens with zero attached hydrogens (tertiary/aromatic N) is 1. The van der Waals surface area contributed by atoms with Crippen molar-refractivity contribution in [2.45, 2.75) is 26.8 Å². The van der Waals surface area contributed by atoms with Crippen LogP contribution in [0, 0.1) is 13.8 Å². The van der Waals surface area contributed by atoms with Crippen LogP contribution in [0.15, 0.2) is 48.5 Å². The minimum absolute atomic E-state index is 0.139. The number of carbonyl (C=O) groups is 1. The van der Waals surface area contributed by atoms with Gasteiger partial charge in [-0.25, -0.2) is 0 Å². The topological polar surface area (TPSA) is 40.5 Å². The summed E-state index contributed by atoms with van der Waals surface area (Å²) in [6.45, 7) is 5.44. The maximum Gasteiger partial charge on any atom is 0.305 e. The number of carboxylic acid groups (broad SMARTS) is 1. The van der Waals surface area contributed by atoms with Gasteiger partial charge in [-0.1, -0.05) is 36.4 Å². The molecule has 0 saturated carbocycles. The fourth-order valence-corrected chi connectivity index (χ4v) is 2.46. The van der Waals surface area contributed by atoms with E-state index in [4.69, 9.17) is 5.11 Å². The van der Waals surface area contributed by atoms with Gasteiger partial charge in [0.05, 0.1) is 6.42 Å². The fourth-order valence-electron chi connectivity index (χ4n) is 2.46. The lowest BCUT2D eigenvalue weighted by atomic mass is 10.0. The molecule has 0 aromatic heterocycles. The maximum atomic E-state index is 10.9. The molecule has 21 heavy (non-hydrogen) atoms. The van der Waals surface area contributed by atoms with Crippen LogP contribution >= 0.6 is 0 Å². The largest absolute Gasteiger partial charge is 0.481 e. The molecule has 0 bridgehead atoms. The average Bonchev–Trinajstić information content (AvgIpc) is 2.47. The van der Waals surface area contributed by atoms with Crippen molar-refractivity contribution in [2.24, 2.45) is 0 Å². The Morgan fingerprint density at radius 1 is 1.00 bits per heavy atom. The van der Waals surface area contributed by atoms with Crippen LogP contribution in [0.4, 0.5) is 5.69 Å². The standard InChI is InChI=1S/C18H21NO2/c1-14-7-6-8-15(2)17(14)13-19(12-11-18(20)21)16-9-4-3-5-10-16/h3-10H,11-13H2,1-2H3,(H,20,21). The van der Waals surface area contributed by atoms with Crippen LogP contribution in [0.3, 0.4) is 0 Å². The van der Waals surface area contributed by atoms with E-state index in [1.165, 1.54) is 16.7 Å². The summed E-state index contributed by atoms with van der Waals surface area (Å²) in [5.41, 5.74) is 4.81. The van der Waals surface area contributed by atoms with E-state index in [0.717, 1.165) is 12.2 Å². The molecule has 0 spiro atoms. The summed E-state index contributed by atoms with van der Waals surface area (Å²) < 4.78 is 0. The van der Waals surface area contributed by atoms with Crippen LogP contribution in [-0.2, 0) is 11.3 Å². The third-order valence-corrected chi connectivity index (χ3v) is 3.71. The van der Waals surface area contributed by atoms with Gasteiger partial charge < -0.3 is 10.0 Å². The molecule has 0 amide bonds. The number of para-hydroxylation sites is 1. The predicted octanol–water partition coefficient (Wildman–Crippen LogP) is 3.78. The lowest BCUT2D eigenvalue weighted by Crippen LogP contribution is -2.26. The van der Waals surface area contributed by atoms with Crippen molar-refractivity contribution in [3.63, 3.8) is 0 Å². The highest BCUT2D eigenvalue weighted by Crippen LogP contribution is 2.21. The molecular weight excluding hydrogens is 262 g/mol. The van der Waals surface area contributed by atoms with E-state index in [1.807, 2.05) is 30.3 Å². The van der Waals surface area contributed by atoms with Crippen molar-refractivity contribution in [1.29, 1.82) is 0 Å². The molecule has 110 valence electrons. The van der Waals surface area contributed by atoms with Crippen LogP contribution < -0.4 is 4.90 Å². The number of carboxylic acids is 1. The van der Waals surface area contributed by atoms with Gasteiger partial charge in [0, 0.05) is 18.8 Å². The first-order valence-electron chi connectivity index (χ1n) is 7.15. The molecule has 0 aliphatic rings. The molecule has 0 heterocycles. The maximum absolute atomic E-state index is 10.9. The summed E-state index contributed by atoms with van der Waals surface area (Å²) in [4.78, 5) is 13.0. The number of aryl methyl sites for hydroxylation is 2. The molecule has 1 N–H and O–H groups in total. The number of hydrogen-bond acceptors (Lipinski definition) is 2. The smallest absolute Gasteiger partial charge is 0.305 e. The molecule has 0 atom stereocenters. The predicted molar refractivity (Wildman–Crippen MR) is 85.7 cm³/mol. The van der Waals surface area contributed by atoms with Gasteiger partial charge in [0.1, 0.15) is 0 Å². The molecule has 0 saturated heterocycles. The first kappa shape index (κ1) is 15.1. The zero-order valence-electron chi connectivity index (χ0n) is 12.5. The first-order chi connectivity index (χ1) is 10.1. The van der Waals surface area contributed by atoms with Crippen LogP contribution in [-0.4, -0.2) is 17.6 Å². The number of hydrogen-bond donors (Lipinski definition) is 1. The molecule has 2 aromatic carbocycles. The van der Waals surface area contributed by atoms with Crippen molar-refractivity contribution >= 4 is 11.7 Å². The molecule has 0 aliphatic heterocycles. The van der Waals surface area contributed by atoms with Crippen LogP contribution in [0.25, 0.3) is 0 Å². The number of benzene rings is 2. The summed E-state index contributed by atoms with van der Waals surface area (Å²) in [6, 6.07) is 16.2. The van der Waals surface area contributed by atoms with E-state index in [-0.39, 0.29) is 6.42 Å². The van der Waals surface area contributed by atoms with Crippen molar-refractivity contribution in [3.05, 3.63) is 65.2 Å². The van der Waals surface area contributed by atoms with E-state index in [2.05, 4.69) is 36.9 Å². The van der Waals surface area contributed by atoms with E-state index in [1.54, 1.807) is 0 Å². The van der Waals surface area contributed by atoms with Crippen molar-refractivity contribution in [2.75, 3.05) is 11.4 Å². The quantitative estimate of drug-likeness (QED) is 0.877.